The number of hydrogen-bond acceptors (Lipinski definition) is 4. The first-order chi connectivity index (χ1) is 13.6. The maximum Gasteiger partial charge on any atom is 0.276 e. The van der Waals surface area contributed by atoms with Gasteiger partial charge in [-0.1, -0.05) is 23.7 Å². The summed E-state index contributed by atoms with van der Waals surface area (Å²) in [4.78, 5) is 15.1. The number of ether oxygens (including phenoxy) is 1. The third kappa shape index (κ3) is 3.88. The fraction of sp³-hybridized carbons (Fsp3) is 0.238. The van der Waals surface area contributed by atoms with E-state index in [9.17, 15) is 4.79 Å². The van der Waals surface area contributed by atoms with E-state index in [1.54, 1.807) is 22.9 Å². The van der Waals surface area contributed by atoms with Gasteiger partial charge < -0.3 is 15.0 Å². The maximum absolute atomic E-state index is 12.8. The molecule has 4 rings (SSSR count). The van der Waals surface area contributed by atoms with Gasteiger partial charge in [0.05, 0.1) is 30.3 Å². The zero-order chi connectivity index (χ0) is 19.5. The lowest BCUT2D eigenvalue weighted by Crippen LogP contribution is -2.36. The van der Waals surface area contributed by atoms with Crippen LogP contribution in [0.15, 0.2) is 54.6 Å². The molecule has 0 bridgehead atoms. The number of rotatable bonds is 4. The molecule has 1 aliphatic rings. The Labute approximate surface area is 168 Å². The molecule has 6 nitrogen and oxygen atoms in total. The number of nitrogens with zero attached hydrogens (tertiary/aromatic N) is 3. The minimum absolute atomic E-state index is 0.239. The summed E-state index contributed by atoms with van der Waals surface area (Å²) in [5.41, 5.74) is 3.86. The molecule has 1 aliphatic heterocycles. The average Bonchev–Trinajstić information content (AvgIpc) is 3.11. The normalized spacial score (nSPS) is 14.1. The molecule has 7 heteroatoms. The second-order valence-electron chi connectivity index (χ2n) is 6.63. The molecule has 0 aliphatic carbocycles. The number of halogens is 1. The molecule has 1 aromatic heterocycles. The van der Waals surface area contributed by atoms with Gasteiger partial charge in [0.2, 0.25) is 0 Å². The summed E-state index contributed by atoms with van der Waals surface area (Å²) in [5, 5.41) is 8.14. The number of benzene rings is 2. The highest BCUT2D eigenvalue weighted by Gasteiger charge is 2.18. The van der Waals surface area contributed by atoms with Gasteiger partial charge in [-0.05, 0) is 49.4 Å². The van der Waals surface area contributed by atoms with Crippen molar-refractivity contribution in [1.29, 1.82) is 0 Å². The minimum atomic E-state index is -0.239. The van der Waals surface area contributed by atoms with Gasteiger partial charge in [-0.2, -0.15) is 5.10 Å². The molecule has 28 heavy (non-hydrogen) atoms. The van der Waals surface area contributed by atoms with Crippen LogP contribution in [-0.2, 0) is 4.74 Å². The molecule has 144 valence electrons. The molecule has 1 fully saturated rings. The molecule has 0 unspecified atom stereocenters. The number of para-hydroxylation sites is 2. The van der Waals surface area contributed by atoms with Crippen molar-refractivity contribution in [3.8, 4) is 5.69 Å². The van der Waals surface area contributed by atoms with E-state index in [1.165, 1.54) is 0 Å². The predicted molar refractivity (Wildman–Crippen MR) is 111 cm³/mol. The minimum Gasteiger partial charge on any atom is -0.378 e. The van der Waals surface area contributed by atoms with Crippen LogP contribution in [0, 0.1) is 6.92 Å². The molecule has 0 spiro atoms. The molecule has 2 heterocycles. The van der Waals surface area contributed by atoms with Gasteiger partial charge in [-0.15, -0.1) is 0 Å². The first-order valence-electron chi connectivity index (χ1n) is 9.17. The number of carbonyl (C=O) groups excluding carboxylic acids is 1. The molecule has 0 radical (unpaired) electrons. The Hall–Kier alpha value is -2.83. The Bertz CT molecular complexity index is 978. The van der Waals surface area contributed by atoms with Crippen molar-refractivity contribution in [1.82, 2.24) is 9.78 Å². The fourth-order valence-electron chi connectivity index (χ4n) is 3.27. The summed E-state index contributed by atoms with van der Waals surface area (Å²) in [6.45, 7) is 4.90. The van der Waals surface area contributed by atoms with Crippen LogP contribution < -0.4 is 10.2 Å². The lowest BCUT2D eigenvalue weighted by atomic mass is 10.2. The van der Waals surface area contributed by atoms with Gasteiger partial charge in [0, 0.05) is 23.8 Å². The molecular formula is C21H21ClN4O2. The molecule has 1 N–H and O–H groups in total. The number of aryl methyl sites for hydroxylation is 1. The molecule has 1 amide bonds. The Morgan fingerprint density at radius 2 is 1.82 bits per heavy atom. The van der Waals surface area contributed by atoms with E-state index in [2.05, 4.69) is 15.3 Å². The van der Waals surface area contributed by atoms with Gasteiger partial charge in [0.1, 0.15) is 0 Å². The van der Waals surface area contributed by atoms with Gasteiger partial charge in [0.25, 0.3) is 5.91 Å². The largest absolute Gasteiger partial charge is 0.378 e. The summed E-state index contributed by atoms with van der Waals surface area (Å²) in [5.74, 6) is -0.239. The van der Waals surface area contributed by atoms with E-state index in [0.717, 1.165) is 35.8 Å². The molecule has 0 atom stereocenters. The van der Waals surface area contributed by atoms with Gasteiger partial charge in [-0.25, -0.2) is 4.68 Å². The lowest BCUT2D eigenvalue weighted by Gasteiger charge is -2.30. The Balaban J connectivity index is 1.56. The van der Waals surface area contributed by atoms with Crippen LogP contribution in [0.5, 0.6) is 0 Å². The van der Waals surface area contributed by atoms with Crippen LogP contribution >= 0.6 is 11.6 Å². The van der Waals surface area contributed by atoms with Crippen LogP contribution in [0.25, 0.3) is 5.69 Å². The van der Waals surface area contributed by atoms with Crippen LogP contribution in [0.1, 0.15) is 16.2 Å². The summed E-state index contributed by atoms with van der Waals surface area (Å²) in [7, 11) is 0. The fourth-order valence-corrected chi connectivity index (χ4v) is 3.40. The molecule has 1 saturated heterocycles. The van der Waals surface area contributed by atoms with E-state index in [0.29, 0.717) is 23.9 Å². The quantitative estimate of drug-likeness (QED) is 0.726. The highest BCUT2D eigenvalue weighted by Crippen LogP contribution is 2.27. The SMILES string of the molecule is Cc1cc(C(=O)Nc2ccccc2N2CCOCC2)nn1-c1ccc(Cl)cc1. The van der Waals surface area contributed by atoms with Crippen LogP contribution in [-0.4, -0.2) is 42.0 Å². The highest BCUT2D eigenvalue weighted by molar-refractivity contribution is 6.30. The first kappa shape index (κ1) is 18.5. The van der Waals surface area contributed by atoms with Crippen LogP contribution in [0.3, 0.4) is 0 Å². The zero-order valence-electron chi connectivity index (χ0n) is 15.6. The number of nitrogens with one attached hydrogen (secondary N) is 1. The Morgan fingerprint density at radius 1 is 1.11 bits per heavy atom. The van der Waals surface area contributed by atoms with Crippen molar-refractivity contribution in [2.24, 2.45) is 0 Å². The van der Waals surface area contributed by atoms with E-state index >= 15 is 0 Å². The van der Waals surface area contributed by atoms with Gasteiger partial charge in [-0.3, -0.25) is 4.79 Å². The number of aromatic nitrogens is 2. The van der Waals surface area contributed by atoms with Crippen LogP contribution in [0.4, 0.5) is 11.4 Å². The Morgan fingerprint density at radius 3 is 2.57 bits per heavy atom. The standard InChI is InChI=1S/C21H21ClN4O2/c1-15-14-19(24-26(15)17-8-6-16(22)7-9-17)21(27)23-18-4-2-3-5-20(18)25-10-12-28-13-11-25/h2-9,14H,10-13H2,1H3,(H,23,27). The number of anilines is 2. The topological polar surface area (TPSA) is 59.4 Å². The van der Waals surface area contributed by atoms with Gasteiger partial charge >= 0.3 is 0 Å². The van der Waals surface area contributed by atoms with Crippen molar-refractivity contribution in [3.63, 3.8) is 0 Å². The van der Waals surface area contributed by atoms with Crippen molar-refractivity contribution < 1.29 is 9.53 Å². The summed E-state index contributed by atoms with van der Waals surface area (Å²) >= 11 is 5.96. The monoisotopic (exact) mass is 396 g/mol. The third-order valence-corrected chi connectivity index (χ3v) is 4.95. The third-order valence-electron chi connectivity index (χ3n) is 4.70. The van der Waals surface area contributed by atoms with Gasteiger partial charge in [0.15, 0.2) is 5.69 Å². The summed E-state index contributed by atoms with van der Waals surface area (Å²) < 4.78 is 7.16. The number of morpholine rings is 1. The van der Waals surface area contributed by atoms with E-state index in [1.807, 2.05) is 43.3 Å². The average molecular weight is 397 g/mol. The van der Waals surface area contributed by atoms with E-state index in [4.69, 9.17) is 16.3 Å². The highest BCUT2D eigenvalue weighted by atomic mass is 35.5. The second-order valence-corrected chi connectivity index (χ2v) is 7.07. The van der Waals surface area contributed by atoms with E-state index < -0.39 is 0 Å². The smallest absolute Gasteiger partial charge is 0.276 e. The van der Waals surface area contributed by atoms with Crippen molar-refractivity contribution in [2.45, 2.75) is 6.92 Å². The van der Waals surface area contributed by atoms with E-state index in [-0.39, 0.29) is 5.91 Å². The van der Waals surface area contributed by atoms with Crippen LogP contribution in [0.2, 0.25) is 5.02 Å². The summed E-state index contributed by atoms with van der Waals surface area (Å²) in [6, 6.07) is 16.9. The zero-order valence-corrected chi connectivity index (χ0v) is 16.3. The molecular weight excluding hydrogens is 376 g/mol. The predicted octanol–water partition coefficient (Wildman–Crippen LogP) is 3.92. The van der Waals surface area contributed by atoms with Crippen molar-refractivity contribution in [3.05, 3.63) is 71.0 Å². The maximum atomic E-state index is 12.8. The van der Waals surface area contributed by atoms with Crippen molar-refractivity contribution >= 4 is 28.9 Å². The molecule has 3 aromatic rings. The second kappa shape index (κ2) is 8.04. The Kier molecular flexibility index (Phi) is 5.32. The number of amides is 1. The molecule has 2 aromatic carbocycles. The first-order valence-corrected chi connectivity index (χ1v) is 9.55. The summed E-state index contributed by atoms with van der Waals surface area (Å²) in [6.07, 6.45) is 0. The lowest BCUT2D eigenvalue weighted by molar-refractivity contribution is 0.102. The molecule has 0 saturated carbocycles. The van der Waals surface area contributed by atoms with Crippen molar-refractivity contribution in [2.75, 3.05) is 36.5 Å². The number of hydrogen-bond donors (Lipinski definition) is 1. The number of carbonyl (C=O) groups is 1.